The Morgan fingerprint density at radius 3 is 2.52 bits per heavy atom. The summed E-state index contributed by atoms with van der Waals surface area (Å²) in [5.41, 5.74) is 0. The van der Waals surface area contributed by atoms with Gasteiger partial charge in [0.25, 0.3) is 15.9 Å². The van der Waals surface area contributed by atoms with Crippen molar-refractivity contribution in [3.8, 4) is 0 Å². The summed E-state index contributed by atoms with van der Waals surface area (Å²) in [4.78, 5) is 26.2. The molecule has 0 aliphatic rings. The Balaban J connectivity index is 2.33. The van der Waals surface area contributed by atoms with Crippen LogP contribution in [0.5, 0.6) is 0 Å². The summed E-state index contributed by atoms with van der Waals surface area (Å²) in [6, 6.07) is 0. The number of hydrogen-bond acceptors (Lipinski definition) is 6. The molecule has 2 N–H and O–H groups in total. The molecule has 0 bridgehead atoms. The molecule has 0 fully saturated rings. The van der Waals surface area contributed by atoms with E-state index in [9.17, 15) is 31.2 Å². The third kappa shape index (κ3) is 7.51. The number of rotatable bonds is 8. The molecule has 1 amide bonds. The van der Waals surface area contributed by atoms with Gasteiger partial charge in [-0.3, -0.25) is 9.59 Å². The molecule has 0 saturated carbocycles. The molecular weight excluding hydrogens is 369 g/mol. The quantitative estimate of drug-likeness (QED) is 0.588. The van der Waals surface area contributed by atoms with Crippen LogP contribution in [0.1, 0.15) is 12.2 Å². The Bertz CT molecular complexity index is 710. The lowest BCUT2D eigenvalue weighted by atomic mass is 10.4. The van der Waals surface area contributed by atoms with Crippen molar-refractivity contribution in [1.82, 2.24) is 19.6 Å². The van der Waals surface area contributed by atoms with Gasteiger partial charge in [-0.2, -0.15) is 13.2 Å². The highest BCUT2D eigenvalue weighted by Crippen LogP contribution is 2.12. The molecule has 0 saturated heterocycles. The lowest BCUT2D eigenvalue weighted by Crippen LogP contribution is -2.36. The Morgan fingerprint density at radius 1 is 1.36 bits per heavy atom. The second-order valence-corrected chi connectivity index (χ2v) is 6.65. The summed E-state index contributed by atoms with van der Waals surface area (Å²) < 4.78 is 67.5. The number of amides is 1. The largest absolute Gasteiger partial charge is 0.456 e. The first kappa shape index (κ1) is 20.9. The number of imidazole rings is 1. The van der Waals surface area contributed by atoms with Gasteiger partial charge in [-0.05, 0) is 6.92 Å². The predicted molar refractivity (Wildman–Crippen MR) is 77.8 cm³/mol. The molecule has 0 unspecified atom stereocenters. The van der Waals surface area contributed by atoms with Gasteiger partial charge >= 0.3 is 12.1 Å². The number of hydrogen-bond donors (Lipinski definition) is 2. The van der Waals surface area contributed by atoms with Crippen LogP contribution >= 0.6 is 0 Å². The van der Waals surface area contributed by atoms with Crippen LogP contribution in [-0.2, 0) is 31.4 Å². The summed E-state index contributed by atoms with van der Waals surface area (Å²) in [7, 11) is -2.29. The van der Waals surface area contributed by atoms with Crippen LogP contribution in [0.15, 0.2) is 11.2 Å². The zero-order valence-corrected chi connectivity index (χ0v) is 14.2. The van der Waals surface area contributed by atoms with E-state index in [0.29, 0.717) is 5.82 Å². The van der Waals surface area contributed by atoms with Gasteiger partial charge in [0, 0.05) is 19.8 Å². The number of aryl methyl sites for hydroxylation is 2. The van der Waals surface area contributed by atoms with Crippen LogP contribution in [0, 0.1) is 6.92 Å². The van der Waals surface area contributed by atoms with E-state index in [1.165, 1.54) is 16.1 Å². The summed E-state index contributed by atoms with van der Waals surface area (Å²) >= 11 is 0. The molecule has 0 radical (unpaired) electrons. The van der Waals surface area contributed by atoms with Gasteiger partial charge in [-0.1, -0.05) is 0 Å². The molecule has 13 heteroatoms. The number of aromatic nitrogens is 2. The van der Waals surface area contributed by atoms with Crippen molar-refractivity contribution in [2.75, 3.05) is 19.7 Å². The zero-order valence-electron chi connectivity index (χ0n) is 13.4. The van der Waals surface area contributed by atoms with Gasteiger partial charge in [-0.25, -0.2) is 18.1 Å². The average molecular weight is 386 g/mol. The number of carbonyl (C=O) groups is 2. The minimum absolute atomic E-state index is 0.215. The molecule has 1 rings (SSSR count). The number of ether oxygens (including phenoxy) is 1. The van der Waals surface area contributed by atoms with Crippen LogP contribution in [0.4, 0.5) is 13.2 Å². The van der Waals surface area contributed by atoms with Gasteiger partial charge < -0.3 is 14.6 Å². The average Bonchev–Trinajstić information content (AvgIpc) is 2.82. The van der Waals surface area contributed by atoms with E-state index in [1.54, 1.807) is 14.0 Å². The highest BCUT2D eigenvalue weighted by atomic mass is 32.2. The predicted octanol–water partition coefficient (Wildman–Crippen LogP) is -0.381. The van der Waals surface area contributed by atoms with Gasteiger partial charge in [0.1, 0.15) is 12.4 Å². The van der Waals surface area contributed by atoms with E-state index in [4.69, 9.17) is 0 Å². The van der Waals surface area contributed by atoms with Crippen molar-refractivity contribution in [3.05, 3.63) is 12.0 Å². The molecule has 142 valence electrons. The summed E-state index contributed by atoms with van der Waals surface area (Å²) in [6.45, 7) is -1.13. The second-order valence-electron chi connectivity index (χ2n) is 4.94. The minimum atomic E-state index is -4.57. The molecular formula is C12H17F3N4O5S. The van der Waals surface area contributed by atoms with Crippen LogP contribution in [0.3, 0.4) is 0 Å². The summed E-state index contributed by atoms with van der Waals surface area (Å²) in [5.74, 6) is -1.58. The number of esters is 1. The number of sulfonamides is 1. The van der Waals surface area contributed by atoms with Gasteiger partial charge in [0.2, 0.25) is 0 Å². The Morgan fingerprint density at radius 2 is 2.00 bits per heavy atom. The highest BCUT2D eigenvalue weighted by molar-refractivity contribution is 7.89. The van der Waals surface area contributed by atoms with Crippen LogP contribution in [0.25, 0.3) is 0 Å². The Hall–Kier alpha value is -2.15. The highest BCUT2D eigenvalue weighted by Gasteiger charge is 2.27. The van der Waals surface area contributed by atoms with E-state index in [0.717, 1.165) is 0 Å². The summed E-state index contributed by atoms with van der Waals surface area (Å²) in [6.07, 6.45) is -3.68. The second kappa shape index (κ2) is 8.29. The summed E-state index contributed by atoms with van der Waals surface area (Å²) in [5, 5.41) is 1.31. The van der Waals surface area contributed by atoms with Crippen LogP contribution in [-0.4, -0.2) is 55.7 Å². The molecule has 0 aromatic carbocycles. The standard InChI is InChI=1S/C12H17F3N4O5S/c1-8-18-10(5-19(8)2)25(22,23)17-4-3-11(21)24-6-9(20)16-7-12(13,14)15/h5,17H,3-4,6-7H2,1-2H3,(H,16,20). The molecule has 25 heavy (non-hydrogen) atoms. The third-order valence-corrected chi connectivity index (χ3v) is 4.16. The maximum Gasteiger partial charge on any atom is 0.405 e. The molecule has 0 aliphatic carbocycles. The SMILES string of the molecule is Cc1nc(S(=O)(=O)NCCC(=O)OCC(=O)NCC(F)(F)F)cn1C. The minimum Gasteiger partial charge on any atom is -0.456 e. The molecule has 9 nitrogen and oxygen atoms in total. The Labute approximate surface area is 141 Å². The maximum atomic E-state index is 11.9. The first-order valence-electron chi connectivity index (χ1n) is 6.89. The van der Waals surface area contributed by atoms with E-state index in [-0.39, 0.29) is 11.6 Å². The van der Waals surface area contributed by atoms with Crippen molar-refractivity contribution in [2.45, 2.75) is 24.5 Å². The van der Waals surface area contributed by atoms with Crippen LogP contribution in [0.2, 0.25) is 0 Å². The lowest BCUT2D eigenvalue weighted by Gasteiger charge is -2.09. The van der Waals surface area contributed by atoms with E-state index in [2.05, 4.69) is 14.4 Å². The van der Waals surface area contributed by atoms with Crippen molar-refractivity contribution >= 4 is 21.9 Å². The number of nitrogens with one attached hydrogen (secondary N) is 2. The van der Waals surface area contributed by atoms with Crippen molar-refractivity contribution in [1.29, 1.82) is 0 Å². The zero-order chi connectivity index (χ0) is 19.3. The molecule has 0 atom stereocenters. The third-order valence-electron chi connectivity index (χ3n) is 2.83. The maximum absolute atomic E-state index is 11.9. The first-order valence-corrected chi connectivity index (χ1v) is 8.38. The number of alkyl halides is 3. The fourth-order valence-electron chi connectivity index (χ4n) is 1.49. The fourth-order valence-corrected chi connectivity index (χ4v) is 2.55. The molecule has 0 aliphatic heterocycles. The first-order chi connectivity index (χ1) is 11.4. The van der Waals surface area contributed by atoms with Gasteiger partial charge in [0.05, 0.1) is 6.42 Å². The van der Waals surface area contributed by atoms with E-state index < -0.39 is 47.6 Å². The van der Waals surface area contributed by atoms with Gasteiger partial charge in [0.15, 0.2) is 11.6 Å². The monoisotopic (exact) mass is 386 g/mol. The fraction of sp³-hybridized carbons (Fsp3) is 0.583. The van der Waals surface area contributed by atoms with Crippen LogP contribution < -0.4 is 10.0 Å². The van der Waals surface area contributed by atoms with E-state index >= 15 is 0 Å². The van der Waals surface area contributed by atoms with Gasteiger partial charge in [-0.15, -0.1) is 0 Å². The normalized spacial score (nSPS) is 12.0. The smallest absolute Gasteiger partial charge is 0.405 e. The molecule has 1 aromatic heterocycles. The number of halogens is 3. The topological polar surface area (TPSA) is 119 Å². The molecule has 1 heterocycles. The number of carbonyl (C=O) groups excluding carboxylic acids is 2. The van der Waals surface area contributed by atoms with Crippen molar-refractivity contribution < 1.29 is 35.9 Å². The lowest BCUT2D eigenvalue weighted by molar-refractivity contribution is -0.151. The number of nitrogens with zero attached hydrogens (tertiary/aromatic N) is 2. The van der Waals surface area contributed by atoms with Crippen molar-refractivity contribution in [2.24, 2.45) is 7.05 Å². The molecule has 1 aromatic rings. The van der Waals surface area contributed by atoms with Crippen molar-refractivity contribution in [3.63, 3.8) is 0 Å². The molecule has 0 spiro atoms. The Kier molecular flexibility index (Phi) is 6.93. The van der Waals surface area contributed by atoms with E-state index in [1.807, 2.05) is 0 Å².